The van der Waals surface area contributed by atoms with Crippen LogP contribution in [0.2, 0.25) is 0 Å². The summed E-state index contributed by atoms with van der Waals surface area (Å²) >= 11 is 0. The lowest BCUT2D eigenvalue weighted by molar-refractivity contribution is -0.139. The fourth-order valence-electron chi connectivity index (χ4n) is 4.19. The first-order valence-electron chi connectivity index (χ1n) is 10.1. The lowest BCUT2D eigenvalue weighted by Gasteiger charge is -2.34. The minimum Gasteiger partial charge on any atom is -0.344 e. The van der Waals surface area contributed by atoms with Gasteiger partial charge in [-0.25, -0.2) is 0 Å². The second-order valence-electron chi connectivity index (χ2n) is 8.47. The Kier molecular flexibility index (Phi) is 6.00. The number of hydrogen-bond donors (Lipinski definition) is 1. The van der Waals surface area contributed by atoms with E-state index in [1.165, 1.54) is 11.1 Å². The molecular weight excluding hydrogens is 324 g/mol. The van der Waals surface area contributed by atoms with Crippen LogP contribution in [0.15, 0.2) is 24.3 Å². The van der Waals surface area contributed by atoms with E-state index in [2.05, 4.69) is 30.4 Å². The van der Waals surface area contributed by atoms with E-state index >= 15 is 0 Å². The first kappa shape index (κ1) is 18.9. The molecule has 1 aromatic carbocycles. The Morgan fingerprint density at radius 2 is 1.73 bits per heavy atom. The molecule has 2 amide bonds. The molecule has 1 saturated carbocycles. The molecule has 3 rings (SSSR count). The Labute approximate surface area is 157 Å². The number of fused-ring (bicyclic) bond motifs is 1. The van der Waals surface area contributed by atoms with Crippen LogP contribution in [-0.4, -0.2) is 29.3 Å². The van der Waals surface area contributed by atoms with Crippen molar-refractivity contribution in [1.82, 2.24) is 10.2 Å². The molecule has 142 valence electrons. The smallest absolute Gasteiger partial charge is 0.245 e. The van der Waals surface area contributed by atoms with Gasteiger partial charge in [0.25, 0.3) is 0 Å². The van der Waals surface area contributed by atoms with E-state index in [9.17, 15) is 9.59 Å². The van der Waals surface area contributed by atoms with Crippen molar-refractivity contribution in [1.29, 1.82) is 0 Å². The summed E-state index contributed by atoms with van der Waals surface area (Å²) in [6, 6.07) is 7.90. The molecule has 1 N–H and O–H groups in total. The SMILES string of the molecule is CC1CCC(C(=O)N[C@H](C(=O)N2CCc3ccccc3C2)C(C)C)CC1. The van der Waals surface area contributed by atoms with E-state index in [0.29, 0.717) is 6.54 Å². The quantitative estimate of drug-likeness (QED) is 0.897. The number of nitrogens with zero attached hydrogens (tertiary/aromatic N) is 1. The maximum Gasteiger partial charge on any atom is 0.245 e. The van der Waals surface area contributed by atoms with Gasteiger partial charge < -0.3 is 10.2 Å². The molecule has 0 aromatic heterocycles. The summed E-state index contributed by atoms with van der Waals surface area (Å²) in [7, 11) is 0. The second-order valence-corrected chi connectivity index (χ2v) is 8.47. The summed E-state index contributed by atoms with van der Waals surface area (Å²) in [5.41, 5.74) is 2.56. The molecule has 1 fully saturated rings. The van der Waals surface area contributed by atoms with Crippen molar-refractivity contribution < 1.29 is 9.59 Å². The summed E-state index contributed by atoms with van der Waals surface area (Å²) in [6.07, 6.45) is 5.01. The fraction of sp³-hybridized carbons (Fsp3) is 0.636. The van der Waals surface area contributed by atoms with E-state index in [0.717, 1.165) is 44.6 Å². The molecule has 2 aliphatic rings. The molecule has 0 radical (unpaired) electrons. The molecule has 26 heavy (non-hydrogen) atoms. The van der Waals surface area contributed by atoms with Crippen molar-refractivity contribution in [3.63, 3.8) is 0 Å². The predicted molar refractivity (Wildman–Crippen MR) is 103 cm³/mol. The summed E-state index contributed by atoms with van der Waals surface area (Å²) < 4.78 is 0. The van der Waals surface area contributed by atoms with Crippen LogP contribution in [0.1, 0.15) is 57.6 Å². The standard InChI is InChI=1S/C22H32N2O2/c1-15(2)20(23-21(25)18-10-8-16(3)9-11-18)22(26)24-13-12-17-6-4-5-7-19(17)14-24/h4-7,15-16,18,20H,8-14H2,1-3H3,(H,23,25)/t16?,18?,20-/m0/s1. The van der Waals surface area contributed by atoms with Crippen LogP contribution in [0.3, 0.4) is 0 Å². The fourth-order valence-corrected chi connectivity index (χ4v) is 4.19. The molecule has 4 nitrogen and oxygen atoms in total. The largest absolute Gasteiger partial charge is 0.344 e. The summed E-state index contributed by atoms with van der Waals surface area (Å²) in [5, 5.41) is 3.09. The minimum absolute atomic E-state index is 0.0621. The zero-order valence-corrected chi connectivity index (χ0v) is 16.3. The third-order valence-electron chi connectivity index (χ3n) is 6.06. The number of carbonyl (C=O) groups is 2. The third kappa shape index (κ3) is 4.28. The molecule has 1 heterocycles. The molecule has 1 aliphatic carbocycles. The molecule has 1 atom stereocenters. The van der Waals surface area contributed by atoms with Gasteiger partial charge in [0.2, 0.25) is 11.8 Å². The predicted octanol–water partition coefficient (Wildman–Crippen LogP) is 3.54. The van der Waals surface area contributed by atoms with Gasteiger partial charge in [-0.2, -0.15) is 0 Å². The van der Waals surface area contributed by atoms with E-state index in [1.54, 1.807) is 0 Å². The summed E-state index contributed by atoms with van der Waals surface area (Å²) in [5.74, 6) is 1.01. The van der Waals surface area contributed by atoms with Crippen LogP contribution in [0.4, 0.5) is 0 Å². The zero-order valence-electron chi connectivity index (χ0n) is 16.3. The molecule has 0 unspecified atom stereocenters. The molecule has 1 aliphatic heterocycles. The Hall–Kier alpha value is -1.84. The lowest BCUT2D eigenvalue weighted by Crippen LogP contribution is -2.53. The molecule has 0 bridgehead atoms. The van der Waals surface area contributed by atoms with Gasteiger partial charge >= 0.3 is 0 Å². The summed E-state index contributed by atoms with van der Waals surface area (Å²) in [6.45, 7) is 7.67. The van der Waals surface area contributed by atoms with Gasteiger partial charge in [0, 0.05) is 19.0 Å². The third-order valence-corrected chi connectivity index (χ3v) is 6.06. The highest BCUT2D eigenvalue weighted by Crippen LogP contribution is 2.28. The van der Waals surface area contributed by atoms with Crippen molar-refractivity contribution in [3.8, 4) is 0 Å². The Balaban J connectivity index is 1.64. The van der Waals surface area contributed by atoms with Gasteiger partial charge in [0.15, 0.2) is 0 Å². The van der Waals surface area contributed by atoms with E-state index in [4.69, 9.17) is 0 Å². The number of carbonyl (C=O) groups excluding carboxylic acids is 2. The molecular formula is C22H32N2O2. The molecule has 1 aromatic rings. The van der Waals surface area contributed by atoms with E-state index in [-0.39, 0.29) is 23.7 Å². The van der Waals surface area contributed by atoms with Crippen molar-refractivity contribution in [3.05, 3.63) is 35.4 Å². The van der Waals surface area contributed by atoms with Gasteiger partial charge in [0.05, 0.1) is 0 Å². The van der Waals surface area contributed by atoms with Crippen molar-refractivity contribution in [2.75, 3.05) is 6.54 Å². The highest BCUT2D eigenvalue weighted by Gasteiger charge is 2.33. The van der Waals surface area contributed by atoms with Gasteiger partial charge in [-0.15, -0.1) is 0 Å². The topological polar surface area (TPSA) is 49.4 Å². The van der Waals surface area contributed by atoms with Gasteiger partial charge in [-0.1, -0.05) is 45.0 Å². The molecule has 0 saturated heterocycles. The highest BCUT2D eigenvalue weighted by atomic mass is 16.2. The lowest BCUT2D eigenvalue weighted by atomic mass is 9.82. The Morgan fingerprint density at radius 3 is 2.38 bits per heavy atom. The first-order valence-corrected chi connectivity index (χ1v) is 10.1. The normalized spacial score (nSPS) is 24.1. The van der Waals surface area contributed by atoms with Crippen LogP contribution in [0.25, 0.3) is 0 Å². The van der Waals surface area contributed by atoms with Gasteiger partial charge in [0.1, 0.15) is 6.04 Å². The number of amides is 2. The first-order chi connectivity index (χ1) is 12.5. The average Bonchev–Trinajstić information content (AvgIpc) is 2.65. The average molecular weight is 357 g/mol. The van der Waals surface area contributed by atoms with Crippen LogP contribution in [0, 0.1) is 17.8 Å². The van der Waals surface area contributed by atoms with Crippen molar-refractivity contribution in [2.45, 2.75) is 65.5 Å². The molecule has 4 heteroatoms. The summed E-state index contributed by atoms with van der Waals surface area (Å²) in [4.78, 5) is 27.8. The number of nitrogens with one attached hydrogen (secondary N) is 1. The van der Waals surface area contributed by atoms with E-state index in [1.807, 2.05) is 24.8 Å². The zero-order chi connectivity index (χ0) is 18.7. The Morgan fingerprint density at radius 1 is 1.08 bits per heavy atom. The van der Waals surface area contributed by atoms with Crippen molar-refractivity contribution in [2.24, 2.45) is 17.8 Å². The monoisotopic (exact) mass is 356 g/mol. The van der Waals surface area contributed by atoms with Crippen molar-refractivity contribution >= 4 is 11.8 Å². The van der Waals surface area contributed by atoms with Crippen LogP contribution < -0.4 is 5.32 Å². The van der Waals surface area contributed by atoms with E-state index < -0.39 is 6.04 Å². The van der Waals surface area contributed by atoms with Crippen LogP contribution >= 0.6 is 0 Å². The maximum absolute atomic E-state index is 13.1. The van der Waals surface area contributed by atoms with Crippen LogP contribution in [-0.2, 0) is 22.6 Å². The van der Waals surface area contributed by atoms with Gasteiger partial charge in [-0.05, 0) is 55.1 Å². The molecule has 0 spiro atoms. The highest BCUT2D eigenvalue weighted by molar-refractivity contribution is 5.89. The Bertz CT molecular complexity index is 647. The van der Waals surface area contributed by atoms with Crippen LogP contribution in [0.5, 0.6) is 0 Å². The second kappa shape index (κ2) is 8.24. The van der Waals surface area contributed by atoms with Gasteiger partial charge in [-0.3, -0.25) is 9.59 Å². The number of hydrogen-bond acceptors (Lipinski definition) is 2. The number of rotatable bonds is 4. The minimum atomic E-state index is -0.424. The maximum atomic E-state index is 13.1. The number of benzene rings is 1.